The van der Waals surface area contributed by atoms with E-state index in [4.69, 9.17) is 5.10 Å². The predicted molar refractivity (Wildman–Crippen MR) is 123 cm³/mol. The lowest BCUT2D eigenvalue weighted by atomic mass is 9.61. The number of hydrogen-bond donors (Lipinski definition) is 2. The van der Waals surface area contributed by atoms with E-state index >= 15 is 0 Å². The van der Waals surface area contributed by atoms with Crippen molar-refractivity contribution in [3.63, 3.8) is 0 Å². The van der Waals surface area contributed by atoms with Gasteiger partial charge in [0, 0.05) is 34.5 Å². The van der Waals surface area contributed by atoms with Crippen LogP contribution in [0.25, 0.3) is 5.69 Å². The Kier molecular flexibility index (Phi) is 3.68. The zero-order valence-corrected chi connectivity index (χ0v) is 18.3. The van der Waals surface area contributed by atoms with E-state index in [9.17, 15) is 9.59 Å². The van der Waals surface area contributed by atoms with Crippen molar-refractivity contribution < 1.29 is 9.59 Å². The summed E-state index contributed by atoms with van der Waals surface area (Å²) in [6.07, 6.45) is 1.09. The third-order valence-electron chi connectivity index (χ3n) is 6.88. The average molecular weight is 425 g/mol. The normalized spacial score (nSPS) is 22.8. The zero-order chi connectivity index (χ0) is 22.3. The van der Waals surface area contributed by atoms with Gasteiger partial charge in [-0.15, -0.1) is 0 Å². The molecule has 3 aliphatic rings. The number of ketones is 1. The summed E-state index contributed by atoms with van der Waals surface area (Å²) in [6.45, 7) is 6.11. The van der Waals surface area contributed by atoms with Crippen LogP contribution < -0.4 is 10.6 Å². The highest BCUT2D eigenvalue weighted by molar-refractivity contribution is 6.20. The van der Waals surface area contributed by atoms with Gasteiger partial charge < -0.3 is 10.6 Å². The second-order valence-electron chi connectivity index (χ2n) is 9.73. The van der Waals surface area contributed by atoms with Crippen molar-refractivity contribution >= 4 is 23.2 Å². The fourth-order valence-corrected chi connectivity index (χ4v) is 5.73. The Hall–Kier alpha value is -3.67. The first kappa shape index (κ1) is 19.0. The molecule has 32 heavy (non-hydrogen) atoms. The van der Waals surface area contributed by atoms with Crippen LogP contribution in [0.3, 0.4) is 0 Å². The van der Waals surface area contributed by atoms with E-state index in [-0.39, 0.29) is 17.1 Å². The molecule has 6 heteroatoms. The highest BCUT2D eigenvalue weighted by Gasteiger charge is 2.60. The molecule has 160 valence electrons. The van der Waals surface area contributed by atoms with Gasteiger partial charge in [0.15, 0.2) is 5.78 Å². The summed E-state index contributed by atoms with van der Waals surface area (Å²) in [4.78, 5) is 27.5. The van der Waals surface area contributed by atoms with Crippen LogP contribution in [0.15, 0.2) is 65.9 Å². The number of carbonyl (C=O) groups excluding carboxylic acids is 2. The molecule has 2 aliphatic heterocycles. The molecule has 6 rings (SSSR count). The average Bonchev–Trinajstić information content (AvgIpc) is 3.22. The van der Waals surface area contributed by atoms with E-state index in [1.807, 2.05) is 66.2 Å². The Labute approximate surface area is 186 Å². The van der Waals surface area contributed by atoms with Crippen molar-refractivity contribution in [3.05, 3.63) is 82.7 Å². The minimum Gasteiger partial charge on any atom is -0.343 e. The van der Waals surface area contributed by atoms with E-state index in [1.54, 1.807) is 0 Å². The Balaban J connectivity index is 1.73. The second-order valence-corrected chi connectivity index (χ2v) is 9.73. The van der Waals surface area contributed by atoms with Crippen LogP contribution in [0.5, 0.6) is 0 Å². The molecule has 2 N–H and O–H groups in total. The number of allylic oxidation sites excluding steroid dienone is 1. The number of hydrogen-bond acceptors (Lipinski definition) is 4. The second kappa shape index (κ2) is 6.19. The van der Waals surface area contributed by atoms with Crippen molar-refractivity contribution in [3.8, 4) is 5.69 Å². The van der Waals surface area contributed by atoms with Gasteiger partial charge in [-0.3, -0.25) is 9.59 Å². The van der Waals surface area contributed by atoms with Crippen molar-refractivity contribution in [1.29, 1.82) is 0 Å². The van der Waals surface area contributed by atoms with E-state index in [1.165, 1.54) is 0 Å². The van der Waals surface area contributed by atoms with Gasteiger partial charge in [0.1, 0.15) is 11.2 Å². The SMILES string of the molecule is Cc1nn(-c2ccccc2)c2c1[C@@]1(C(=O)Nc3ccccc31)C1=C(CC(C)(C)CC1=O)N2. The van der Waals surface area contributed by atoms with Gasteiger partial charge in [-0.2, -0.15) is 5.10 Å². The third-order valence-corrected chi connectivity index (χ3v) is 6.88. The minimum absolute atomic E-state index is 0.0214. The molecule has 0 saturated heterocycles. The van der Waals surface area contributed by atoms with Gasteiger partial charge in [0.2, 0.25) is 5.91 Å². The van der Waals surface area contributed by atoms with E-state index < -0.39 is 5.41 Å². The number of anilines is 2. The van der Waals surface area contributed by atoms with Crippen molar-refractivity contribution in [1.82, 2.24) is 9.78 Å². The Bertz CT molecular complexity index is 1350. The van der Waals surface area contributed by atoms with Crippen molar-refractivity contribution in [2.45, 2.75) is 39.0 Å². The maximum Gasteiger partial charge on any atom is 0.244 e. The van der Waals surface area contributed by atoms with Crippen molar-refractivity contribution in [2.75, 3.05) is 10.6 Å². The topological polar surface area (TPSA) is 76.0 Å². The van der Waals surface area contributed by atoms with E-state index in [0.29, 0.717) is 18.4 Å². The third kappa shape index (κ3) is 2.32. The quantitative estimate of drug-likeness (QED) is 0.604. The molecule has 2 aromatic carbocycles. The number of aromatic nitrogens is 2. The first-order valence-corrected chi connectivity index (χ1v) is 10.9. The molecule has 0 fully saturated rings. The monoisotopic (exact) mass is 424 g/mol. The molecule has 0 bridgehead atoms. The van der Waals surface area contributed by atoms with Gasteiger partial charge in [0.25, 0.3) is 0 Å². The van der Waals surface area contributed by atoms with Crippen LogP contribution in [0.2, 0.25) is 0 Å². The van der Waals surface area contributed by atoms with Crippen LogP contribution in [0.4, 0.5) is 11.5 Å². The summed E-state index contributed by atoms with van der Waals surface area (Å²) in [5, 5.41) is 11.5. The number of nitrogens with zero attached hydrogens (tertiary/aromatic N) is 2. The lowest BCUT2D eigenvalue weighted by Gasteiger charge is -2.42. The molecule has 0 unspecified atom stereocenters. The lowest BCUT2D eigenvalue weighted by Crippen LogP contribution is -2.48. The summed E-state index contributed by atoms with van der Waals surface area (Å²) in [5.74, 6) is 0.593. The number of para-hydroxylation sites is 2. The summed E-state index contributed by atoms with van der Waals surface area (Å²) in [7, 11) is 0. The number of benzene rings is 2. The van der Waals surface area contributed by atoms with E-state index in [2.05, 4.69) is 24.5 Å². The zero-order valence-electron chi connectivity index (χ0n) is 18.3. The van der Waals surface area contributed by atoms with Crippen molar-refractivity contribution in [2.24, 2.45) is 5.41 Å². The fraction of sp³-hybridized carbons (Fsp3) is 0.269. The van der Waals surface area contributed by atoms with Gasteiger partial charge in [-0.25, -0.2) is 4.68 Å². The van der Waals surface area contributed by atoms with Crippen LogP contribution in [-0.2, 0) is 15.0 Å². The summed E-state index contributed by atoms with van der Waals surface area (Å²) < 4.78 is 1.86. The molecule has 1 amide bonds. The first-order valence-electron chi connectivity index (χ1n) is 10.9. The van der Waals surface area contributed by atoms with Gasteiger partial charge in [-0.1, -0.05) is 50.2 Å². The molecule has 0 radical (unpaired) electrons. The molecule has 1 atom stereocenters. The molecular weight excluding hydrogens is 400 g/mol. The smallest absolute Gasteiger partial charge is 0.244 e. The molecule has 3 heterocycles. The molecule has 1 aromatic heterocycles. The molecule has 6 nitrogen and oxygen atoms in total. The first-order chi connectivity index (χ1) is 15.3. The molecule has 3 aromatic rings. The number of carbonyl (C=O) groups is 2. The number of nitrogens with one attached hydrogen (secondary N) is 2. The predicted octanol–water partition coefficient (Wildman–Crippen LogP) is 4.49. The highest BCUT2D eigenvalue weighted by Crippen LogP contribution is 2.57. The van der Waals surface area contributed by atoms with Crippen LogP contribution in [-0.4, -0.2) is 21.5 Å². The Morgan fingerprint density at radius 1 is 0.938 bits per heavy atom. The molecular formula is C26H24N4O2. The van der Waals surface area contributed by atoms with Gasteiger partial charge in [-0.05, 0) is 37.0 Å². The molecule has 1 aliphatic carbocycles. The number of Topliss-reactive ketones (excluding diaryl/α,β-unsaturated/α-hetero) is 1. The largest absolute Gasteiger partial charge is 0.343 e. The van der Waals surface area contributed by atoms with Crippen LogP contribution >= 0.6 is 0 Å². The molecule has 0 saturated carbocycles. The maximum absolute atomic E-state index is 13.9. The maximum atomic E-state index is 13.9. The highest BCUT2D eigenvalue weighted by atomic mass is 16.2. The fourth-order valence-electron chi connectivity index (χ4n) is 5.73. The summed E-state index contributed by atoms with van der Waals surface area (Å²) in [5.41, 5.74) is 3.97. The Morgan fingerprint density at radius 2 is 1.66 bits per heavy atom. The van der Waals surface area contributed by atoms with Crippen LogP contribution in [0, 0.1) is 12.3 Å². The van der Waals surface area contributed by atoms with Gasteiger partial charge >= 0.3 is 0 Å². The number of amides is 1. The minimum atomic E-state index is -1.20. The number of fused-ring (bicyclic) bond motifs is 5. The summed E-state index contributed by atoms with van der Waals surface area (Å²) >= 11 is 0. The number of rotatable bonds is 1. The van der Waals surface area contributed by atoms with Crippen LogP contribution in [0.1, 0.15) is 43.5 Å². The summed E-state index contributed by atoms with van der Waals surface area (Å²) in [6, 6.07) is 17.6. The van der Waals surface area contributed by atoms with Gasteiger partial charge in [0.05, 0.1) is 11.4 Å². The lowest BCUT2D eigenvalue weighted by molar-refractivity contribution is -0.123. The standard InChI is InChI=1S/C26H24N4O2/c1-15-21-23(30(29-15)16-9-5-4-6-10-16)27-19-13-25(2,3)14-20(31)22(19)26(21)17-11-7-8-12-18(17)28-24(26)32/h4-12,27H,13-14H2,1-3H3,(H,28,32)/t26-/m1/s1. The molecule has 1 spiro atoms. The Morgan fingerprint density at radius 3 is 2.44 bits per heavy atom. The van der Waals surface area contributed by atoms with E-state index in [0.717, 1.165) is 39.7 Å². The number of aryl methyl sites for hydroxylation is 1.